The molecule has 0 unspecified atom stereocenters. The van der Waals surface area contributed by atoms with E-state index in [1.807, 2.05) is 12.1 Å². The van der Waals surface area contributed by atoms with Crippen LogP contribution < -0.4 is 4.90 Å². The van der Waals surface area contributed by atoms with Crippen molar-refractivity contribution in [2.24, 2.45) is 0 Å². The SMILES string of the molecule is O=C(c1ccc(N2CCCCC2)cc1)N1CC[C@@H](N2CCC(O)CC2)[C@H](O)C1. The van der Waals surface area contributed by atoms with Gasteiger partial charge in [0.1, 0.15) is 0 Å². The van der Waals surface area contributed by atoms with Crippen LogP contribution >= 0.6 is 0 Å². The van der Waals surface area contributed by atoms with Crippen molar-refractivity contribution < 1.29 is 15.0 Å². The smallest absolute Gasteiger partial charge is 0.253 e. The van der Waals surface area contributed by atoms with E-state index in [0.29, 0.717) is 18.7 Å². The van der Waals surface area contributed by atoms with Gasteiger partial charge in [0, 0.05) is 56.6 Å². The zero-order valence-electron chi connectivity index (χ0n) is 16.7. The van der Waals surface area contributed by atoms with Crippen molar-refractivity contribution in [3.05, 3.63) is 29.8 Å². The Morgan fingerprint density at radius 3 is 2.18 bits per heavy atom. The number of nitrogens with zero attached hydrogens (tertiary/aromatic N) is 3. The van der Waals surface area contributed by atoms with Crippen LogP contribution in [-0.2, 0) is 0 Å². The summed E-state index contributed by atoms with van der Waals surface area (Å²) in [6.07, 6.45) is 5.39. The molecule has 0 spiro atoms. The van der Waals surface area contributed by atoms with Crippen molar-refractivity contribution in [1.29, 1.82) is 0 Å². The molecule has 3 aliphatic heterocycles. The zero-order chi connectivity index (χ0) is 19.5. The number of piperidine rings is 3. The molecule has 0 saturated carbocycles. The van der Waals surface area contributed by atoms with Gasteiger partial charge in [-0.1, -0.05) is 0 Å². The number of benzene rings is 1. The molecular formula is C22H33N3O3. The highest BCUT2D eigenvalue weighted by Crippen LogP contribution is 2.24. The summed E-state index contributed by atoms with van der Waals surface area (Å²) in [6.45, 7) is 4.91. The number of β-amino-alcohol motifs (C(OH)–C–C–N with tert-alkyl or cyclic N) is 1. The second-order valence-electron chi connectivity index (χ2n) is 8.54. The van der Waals surface area contributed by atoms with Crippen LogP contribution in [0.1, 0.15) is 48.9 Å². The number of hydrogen-bond acceptors (Lipinski definition) is 5. The molecule has 3 saturated heterocycles. The van der Waals surface area contributed by atoms with E-state index in [4.69, 9.17) is 0 Å². The largest absolute Gasteiger partial charge is 0.393 e. The molecule has 0 aromatic heterocycles. The van der Waals surface area contributed by atoms with Crippen molar-refractivity contribution in [2.45, 2.75) is 56.8 Å². The van der Waals surface area contributed by atoms with E-state index in [1.54, 1.807) is 4.90 Å². The van der Waals surface area contributed by atoms with E-state index in [1.165, 1.54) is 24.9 Å². The number of rotatable bonds is 3. The Hall–Kier alpha value is -1.63. The third kappa shape index (κ3) is 4.34. The molecule has 4 rings (SSSR count). The minimum atomic E-state index is -0.527. The predicted molar refractivity (Wildman–Crippen MR) is 110 cm³/mol. The number of carbonyl (C=O) groups excluding carboxylic acids is 1. The molecule has 2 atom stereocenters. The van der Waals surface area contributed by atoms with E-state index >= 15 is 0 Å². The highest BCUT2D eigenvalue weighted by molar-refractivity contribution is 5.94. The molecule has 2 N–H and O–H groups in total. The summed E-state index contributed by atoms with van der Waals surface area (Å²) < 4.78 is 0. The van der Waals surface area contributed by atoms with Gasteiger partial charge in [-0.15, -0.1) is 0 Å². The summed E-state index contributed by atoms with van der Waals surface area (Å²) in [4.78, 5) is 19.4. The van der Waals surface area contributed by atoms with E-state index in [9.17, 15) is 15.0 Å². The first kappa shape index (κ1) is 19.7. The first-order chi connectivity index (χ1) is 13.6. The normalized spacial score (nSPS) is 27.8. The van der Waals surface area contributed by atoms with Gasteiger partial charge in [0.25, 0.3) is 5.91 Å². The molecule has 3 aliphatic rings. The lowest BCUT2D eigenvalue weighted by atomic mass is 9.96. The van der Waals surface area contributed by atoms with E-state index < -0.39 is 6.10 Å². The number of carbonyl (C=O) groups is 1. The second-order valence-corrected chi connectivity index (χ2v) is 8.54. The van der Waals surface area contributed by atoms with Gasteiger partial charge in [-0.25, -0.2) is 0 Å². The molecule has 6 nitrogen and oxygen atoms in total. The summed E-state index contributed by atoms with van der Waals surface area (Å²) in [7, 11) is 0. The number of hydrogen-bond donors (Lipinski definition) is 2. The molecule has 0 radical (unpaired) electrons. The molecule has 1 amide bonds. The van der Waals surface area contributed by atoms with Crippen molar-refractivity contribution >= 4 is 11.6 Å². The van der Waals surface area contributed by atoms with Gasteiger partial charge in [-0.2, -0.15) is 0 Å². The summed E-state index contributed by atoms with van der Waals surface area (Å²) in [6, 6.07) is 8.06. The van der Waals surface area contributed by atoms with Gasteiger partial charge in [-0.05, 0) is 62.8 Å². The molecule has 1 aromatic rings. The van der Waals surface area contributed by atoms with Gasteiger partial charge >= 0.3 is 0 Å². The molecule has 28 heavy (non-hydrogen) atoms. The number of aliphatic hydroxyl groups is 2. The number of amides is 1. The fourth-order valence-corrected chi connectivity index (χ4v) is 4.90. The standard InChI is InChI=1S/C22H33N3O3/c26-19-8-13-24(14-9-19)20-10-15-25(16-21(20)27)22(28)17-4-6-18(7-5-17)23-11-2-1-3-12-23/h4-7,19-21,26-27H,1-3,8-16H2/t20-,21-/m1/s1. The molecule has 3 fully saturated rings. The summed E-state index contributed by atoms with van der Waals surface area (Å²) >= 11 is 0. The Labute approximate surface area is 167 Å². The third-order valence-electron chi connectivity index (χ3n) is 6.64. The first-order valence-electron chi connectivity index (χ1n) is 10.9. The Morgan fingerprint density at radius 1 is 0.857 bits per heavy atom. The molecule has 3 heterocycles. The van der Waals surface area contributed by atoms with E-state index in [0.717, 1.165) is 45.4 Å². The maximum Gasteiger partial charge on any atom is 0.253 e. The van der Waals surface area contributed by atoms with Crippen LogP contribution in [0.3, 0.4) is 0 Å². The maximum atomic E-state index is 12.9. The number of aliphatic hydroxyl groups excluding tert-OH is 2. The van der Waals surface area contributed by atoms with Gasteiger partial charge < -0.3 is 20.0 Å². The van der Waals surface area contributed by atoms with E-state index in [-0.39, 0.29) is 18.1 Å². The van der Waals surface area contributed by atoms with Crippen LogP contribution in [0.5, 0.6) is 0 Å². The molecule has 6 heteroatoms. The summed E-state index contributed by atoms with van der Waals surface area (Å²) in [5.74, 6) is 0.0109. The van der Waals surface area contributed by atoms with Gasteiger partial charge in [0.2, 0.25) is 0 Å². The highest BCUT2D eigenvalue weighted by atomic mass is 16.3. The van der Waals surface area contributed by atoms with Crippen molar-refractivity contribution in [2.75, 3.05) is 44.2 Å². The zero-order valence-corrected chi connectivity index (χ0v) is 16.7. The molecule has 0 bridgehead atoms. The minimum absolute atomic E-state index is 0.0109. The monoisotopic (exact) mass is 387 g/mol. The average Bonchev–Trinajstić information content (AvgIpc) is 2.75. The topological polar surface area (TPSA) is 67.3 Å². The third-order valence-corrected chi connectivity index (χ3v) is 6.64. The van der Waals surface area contributed by atoms with Crippen LogP contribution in [0.2, 0.25) is 0 Å². The fourth-order valence-electron chi connectivity index (χ4n) is 4.90. The quantitative estimate of drug-likeness (QED) is 0.827. The minimum Gasteiger partial charge on any atom is -0.393 e. The van der Waals surface area contributed by atoms with Crippen LogP contribution in [0, 0.1) is 0 Å². The lowest BCUT2D eigenvalue weighted by Gasteiger charge is -2.43. The van der Waals surface area contributed by atoms with Crippen molar-refractivity contribution in [3.8, 4) is 0 Å². The van der Waals surface area contributed by atoms with Crippen LogP contribution in [0.25, 0.3) is 0 Å². The fraction of sp³-hybridized carbons (Fsp3) is 0.682. The van der Waals surface area contributed by atoms with Crippen LogP contribution in [0.4, 0.5) is 5.69 Å². The average molecular weight is 388 g/mol. The number of likely N-dealkylation sites (tertiary alicyclic amines) is 2. The lowest BCUT2D eigenvalue weighted by molar-refractivity contribution is -0.0291. The Balaban J connectivity index is 1.34. The second kappa shape index (κ2) is 8.80. The van der Waals surface area contributed by atoms with Gasteiger partial charge in [-0.3, -0.25) is 9.69 Å². The summed E-state index contributed by atoms with van der Waals surface area (Å²) in [5, 5.41) is 20.4. The van der Waals surface area contributed by atoms with Gasteiger partial charge in [0.15, 0.2) is 0 Å². The Bertz CT molecular complexity index is 651. The number of anilines is 1. The Kier molecular flexibility index (Phi) is 6.19. The lowest BCUT2D eigenvalue weighted by Crippen LogP contribution is -2.57. The summed E-state index contributed by atoms with van der Waals surface area (Å²) in [5.41, 5.74) is 1.90. The van der Waals surface area contributed by atoms with Crippen molar-refractivity contribution in [3.63, 3.8) is 0 Å². The van der Waals surface area contributed by atoms with Crippen molar-refractivity contribution in [1.82, 2.24) is 9.80 Å². The maximum absolute atomic E-state index is 12.9. The first-order valence-corrected chi connectivity index (χ1v) is 10.9. The predicted octanol–water partition coefficient (Wildman–Crippen LogP) is 1.71. The highest BCUT2D eigenvalue weighted by Gasteiger charge is 2.35. The van der Waals surface area contributed by atoms with Crippen LogP contribution in [-0.4, -0.2) is 83.4 Å². The Morgan fingerprint density at radius 2 is 1.54 bits per heavy atom. The molecular weight excluding hydrogens is 354 g/mol. The van der Waals surface area contributed by atoms with Gasteiger partial charge in [0.05, 0.1) is 12.2 Å². The molecule has 1 aromatic carbocycles. The molecule has 0 aliphatic carbocycles. The van der Waals surface area contributed by atoms with E-state index in [2.05, 4.69) is 21.9 Å². The molecule has 154 valence electrons. The van der Waals surface area contributed by atoms with Crippen LogP contribution in [0.15, 0.2) is 24.3 Å².